The van der Waals surface area contributed by atoms with Crippen LogP contribution in [-0.2, 0) is 9.53 Å². The first kappa shape index (κ1) is 23.6. The zero-order valence-electron chi connectivity index (χ0n) is 17.0. The summed E-state index contributed by atoms with van der Waals surface area (Å²) in [5.74, 6) is -1.79. The molecule has 164 valence electrons. The van der Waals surface area contributed by atoms with E-state index < -0.39 is 30.1 Å². The van der Waals surface area contributed by atoms with Gasteiger partial charge in [-0.1, -0.05) is 25.2 Å². The van der Waals surface area contributed by atoms with Gasteiger partial charge >= 0.3 is 5.97 Å². The Bertz CT molecular complexity index is 814. The van der Waals surface area contributed by atoms with E-state index in [1.54, 1.807) is 13.8 Å². The van der Waals surface area contributed by atoms with Crippen LogP contribution in [0.15, 0.2) is 30.4 Å². The minimum Gasteiger partial charge on any atom is -0.507 e. The van der Waals surface area contributed by atoms with Crippen LogP contribution in [0.1, 0.15) is 42.6 Å². The van der Waals surface area contributed by atoms with Gasteiger partial charge < -0.3 is 29.9 Å². The zero-order chi connectivity index (χ0) is 22.3. The molecule has 1 aliphatic heterocycles. The highest BCUT2D eigenvalue weighted by Crippen LogP contribution is 2.31. The molecule has 1 aromatic carbocycles. The van der Waals surface area contributed by atoms with E-state index in [2.05, 4.69) is 0 Å². The number of hydrogen-bond donors (Lipinski definition) is 4. The molecule has 0 bridgehead atoms. The number of phenolic OH excluding ortho intramolecular Hbond substituents is 1. The second-order valence-corrected chi connectivity index (χ2v) is 7.21. The van der Waals surface area contributed by atoms with Gasteiger partial charge in [-0.05, 0) is 31.1 Å². The maximum Gasteiger partial charge on any atom is 0.342 e. The third kappa shape index (κ3) is 6.16. The van der Waals surface area contributed by atoms with Gasteiger partial charge in [0, 0.05) is 25.0 Å². The van der Waals surface area contributed by atoms with E-state index in [0.717, 1.165) is 0 Å². The maximum absolute atomic E-state index is 12.7. The molecular weight excluding hydrogens is 392 g/mol. The number of aliphatic hydroxyl groups excluding tert-OH is 3. The molecule has 4 unspecified atom stereocenters. The van der Waals surface area contributed by atoms with Gasteiger partial charge in [0.1, 0.15) is 29.3 Å². The summed E-state index contributed by atoms with van der Waals surface area (Å²) in [7, 11) is 0. The molecule has 0 amide bonds. The minimum atomic E-state index is -1.58. The summed E-state index contributed by atoms with van der Waals surface area (Å²) in [6.07, 6.45) is 2.42. The van der Waals surface area contributed by atoms with E-state index in [1.807, 2.05) is 0 Å². The van der Waals surface area contributed by atoms with Crippen LogP contribution >= 0.6 is 0 Å². The summed E-state index contributed by atoms with van der Waals surface area (Å²) >= 11 is 0. The number of aromatic hydroxyl groups is 1. The molecule has 8 nitrogen and oxygen atoms in total. The summed E-state index contributed by atoms with van der Waals surface area (Å²) < 4.78 is 10.9. The Morgan fingerprint density at radius 3 is 2.60 bits per heavy atom. The summed E-state index contributed by atoms with van der Waals surface area (Å²) in [6, 6.07) is 2.82. The number of carbonyl (C=O) groups is 2. The average Bonchev–Trinajstić information content (AvgIpc) is 2.70. The van der Waals surface area contributed by atoms with E-state index >= 15 is 0 Å². The topological polar surface area (TPSA) is 134 Å². The smallest absolute Gasteiger partial charge is 0.342 e. The van der Waals surface area contributed by atoms with Crippen LogP contribution in [0.5, 0.6) is 11.5 Å². The Kier molecular flexibility index (Phi) is 8.58. The van der Waals surface area contributed by atoms with Gasteiger partial charge in [0.2, 0.25) is 0 Å². The van der Waals surface area contributed by atoms with Gasteiger partial charge in [-0.15, -0.1) is 0 Å². The molecule has 1 aromatic rings. The van der Waals surface area contributed by atoms with Crippen LogP contribution in [-0.4, -0.2) is 63.7 Å². The summed E-state index contributed by atoms with van der Waals surface area (Å²) in [5, 5.41) is 39.4. The number of esters is 1. The number of benzene rings is 1. The zero-order valence-corrected chi connectivity index (χ0v) is 17.0. The molecule has 2 rings (SSSR count). The minimum absolute atomic E-state index is 0.0490. The number of cyclic esters (lactones) is 1. The molecule has 1 heterocycles. The monoisotopic (exact) mass is 420 g/mol. The van der Waals surface area contributed by atoms with Gasteiger partial charge in [0.25, 0.3) is 0 Å². The Balaban J connectivity index is 2.44. The van der Waals surface area contributed by atoms with Crippen LogP contribution in [0.2, 0.25) is 0 Å². The third-order valence-corrected chi connectivity index (χ3v) is 4.83. The quantitative estimate of drug-likeness (QED) is 0.426. The molecule has 4 N–H and O–H groups in total. The van der Waals surface area contributed by atoms with Gasteiger partial charge in [-0.3, -0.25) is 4.79 Å². The van der Waals surface area contributed by atoms with E-state index in [4.69, 9.17) is 14.6 Å². The van der Waals surface area contributed by atoms with E-state index in [-0.39, 0.29) is 36.9 Å². The fourth-order valence-corrected chi connectivity index (χ4v) is 2.80. The predicted octanol–water partition coefficient (Wildman–Crippen LogP) is 1.60. The first-order valence-electron chi connectivity index (χ1n) is 9.81. The lowest BCUT2D eigenvalue weighted by molar-refractivity contribution is -0.127. The van der Waals surface area contributed by atoms with Crippen LogP contribution in [0.3, 0.4) is 0 Å². The van der Waals surface area contributed by atoms with Crippen LogP contribution in [0, 0.1) is 5.92 Å². The predicted molar refractivity (Wildman–Crippen MR) is 109 cm³/mol. The molecule has 0 saturated carbocycles. The van der Waals surface area contributed by atoms with Crippen LogP contribution < -0.4 is 4.74 Å². The Labute approximate surface area is 175 Å². The van der Waals surface area contributed by atoms with Crippen molar-refractivity contribution < 1.29 is 39.5 Å². The van der Waals surface area contributed by atoms with Gasteiger partial charge in [0.05, 0.1) is 12.7 Å². The molecule has 0 spiro atoms. The molecule has 0 radical (unpaired) electrons. The summed E-state index contributed by atoms with van der Waals surface area (Å²) in [5.41, 5.74) is 0.228. The van der Waals surface area contributed by atoms with Crippen molar-refractivity contribution in [3.05, 3.63) is 41.5 Å². The van der Waals surface area contributed by atoms with Crippen molar-refractivity contribution in [2.45, 2.75) is 45.0 Å². The fourth-order valence-electron chi connectivity index (χ4n) is 2.80. The second-order valence-electron chi connectivity index (χ2n) is 7.21. The lowest BCUT2D eigenvalue weighted by atomic mass is 9.99. The normalized spacial score (nSPS) is 27.5. The third-order valence-electron chi connectivity index (χ3n) is 4.83. The van der Waals surface area contributed by atoms with E-state index in [0.29, 0.717) is 17.7 Å². The standard InChI is InChI=1S/C22H28O8/c1-13-7-8-18(25)21(27)17(24)6-3-5-15-11-16(29-10-4-9-23)12-19(26)20(15)22(28)30-14(13)2/h3,5,7-8,11-14,17,21,23-24,26-27H,4,6,9-10H2,1-2H3/b5-3+,8-7-. The first-order valence-corrected chi connectivity index (χ1v) is 9.81. The van der Waals surface area contributed by atoms with Crippen molar-refractivity contribution in [1.29, 1.82) is 0 Å². The van der Waals surface area contributed by atoms with Crippen molar-refractivity contribution >= 4 is 17.8 Å². The lowest BCUT2D eigenvalue weighted by Crippen LogP contribution is -2.32. The Hall–Kier alpha value is -2.68. The number of ketones is 1. The summed E-state index contributed by atoms with van der Waals surface area (Å²) in [6.45, 7) is 3.55. The highest BCUT2D eigenvalue weighted by molar-refractivity contribution is 5.97. The molecule has 0 saturated heterocycles. The Morgan fingerprint density at radius 2 is 1.90 bits per heavy atom. The highest BCUT2D eigenvalue weighted by Gasteiger charge is 2.25. The number of rotatable bonds is 4. The van der Waals surface area contributed by atoms with Gasteiger partial charge in [-0.2, -0.15) is 0 Å². The van der Waals surface area contributed by atoms with Crippen molar-refractivity contribution in [3.63, 3.8) is 0 Å². The molecular formula is C22H28O8. The molecule has 0 aromatic heterocycles. The van der Waals surface area contributed by atoms with Crippen molar-refractivity contribution in [1.82, 2.24) is 0 Å². The molecule has 0 fully saturated rings. The molecule has 0 aliphatic carbocycles. The average molecular weight is 420 g/mol. The number of carbonyl (C=O) groups excluding carboxylic acids is 2. The van der Waals surface area contributed by atoms with Gasteiger partial charge in [0.15, 0.2) is 5.78 Å². The van der Waals surface area contributed by atoms with E-state index in [9.17, 15) is 24.9 Å². The number of fused-ring (bicyclic) bond motifs is 1. The lowest BCUT2D eigenvalue weighted by Gasteiger charge is -2.20. The first-order chi connectivity index (χ1) is 14.2. The molecule has 30 heavy (non-hydrogen) atoms. The van der Waals surface area contributed by atoms with Gasteiger partial charge in [-0.25, -0.2) is 4.79 Å². The molecule has 4 atom stereocenters. The Morgan fingerprint density at radius 1 is 1.17 bits per heavy atom. The number of aliphatic hydroxyl groups is 3. The number of ether oxygens (including phenoxy) is 2. The molecule has 8 heteroatoms. The fraction of sp³-hybridized carbons (Fsp3) is 0.455. The number of phenols is 1. The van der Waals surface area contributed by atoms with Crippen molar-refractivity contribution in [2.75, 3.05) is 13.2 Å². The molecule has 1 aliphatic rings. The van der Waals surface area contributed by atoms with E-state index in [1.165, 1.54) is 36.4 Å². The maximum atomic E-state index is 12.7. The number of hydrogen-bond acceptors (Lipinski definition) is 8. The van der Waals surface area contributed by atoms with Crippen LogP contribution in [0.4, 0.5) is 0 Å². The summed E-state index contributed by atoms with van der Waals surface area (Å²) in [4.78, 5) is 24.8. The van der Waals surface area contributed by atoms with Crippen molar-refractivity contribution in [2.24, 2.45) is 5.92 Å². The van der Waals surface area contributed by atoms with Crippen LogP contribution in [0.25, 0.3) is 6.08 Å². The highest BCUT2D eigenvalue weighted by atomic mass is 16.5. The largest absolute Gasteiger partial charge is 0.507 e. The second kappa shape index (κ2) is 10.9. The SMILES string of the molecule is CC1/C=C\C(=O)C(O)C(O)C/C=C/c2cc(OCCCO)cc(O)c2C(=O)OC1C. The van der Waals surface area contributed by atoms with Crippen molar-refractivity contribution in [3.8, 4) is 11.5 Å².